The molecule has 0 spiro atoms. The number of nitrogens with two attached hydrogens (primary N) is 1. The number of alkyl halides is 3. The molecule has 0 radical (unpaired) electrons. The van der Waals surface area contributed by atoms with Crippen molar-refractivity contribution in [2.24, 2.45) is 5.84 Å². The Kier molecular flexibility index (Phi) is 4.40. The maximum Gasteiger partial charge on any atom is 0.451 e. The number of rotatable bonds is 3. The van der Waals surface area contributed by atoms with Crippen LogP contribution in [0, 0.1) is 0 Å². The summed E-state index contributed by atoms with van der Waals surface area (Å²) in [5.41, 5.74) is 2.00. The average Bonchev–Trinajstić information content (AvgIpc) is 2.40. The van der Waals surface area contributed by atoms with E-state index in [9.17, 15) is 13.2 Å². The number of aromatic nitrogens is 2. The summed E-state index contributed by atoms with van der Waals surface area (Å²) < 4.78 is 43.2. The fourth-order valence-corrected chi connectivity index (χ4v) is 1.80. The fourth-order valence-electron chi connectivity index (χ4n) is 1.35. The second kappa shape index (κ2) is 5.92. The van der Waals surface area contributed by atoms with E-state index in [0.717, 1.165) is 6.07 Å². The van der Waals surface area contributed by atoms with E-state index in [0.29, 0.717) is 5.02 Å². The van der Waals surface area contributed by atoms with Gasteiger partial charge in [-0.15, -0.1) is 0 Å². The molecule has 5 nitrogen and oxygen atoms in total. The zero-order chi connectivity index (χ0) is 15.6. The molecule has 0 unspecified atom stereocenters. The third-order valence-electron chi connectivity index (χ3n) is 2.21. The Bertz CT molecular complexity index is 666. The van der Waals surface area contributed by atoms with Gasteiger partial charge in [-0.25, -0.2) is 10.8 Å². The van der Waals surface area contributed by atoms with Gasteiger partial charge in [0.05, 0.1) is 5.02 Å². The van der Waals surface area contributed by atoms with Gasteiger partial charge in [-0.3, -0.25) is 0 Å². The van der Waals surface area contributed by atoms with Crippen molar-refractivity contribution in [2.45, 2.75) is 6.18 Å². The normalized spacial score (nSPS) is 11.3. The maximum absolute atomic E-state index is 12.7. The Labute approximate surface area is 126 Å². The van der Waals surface area contributed by atoms with E-state index < -0.39 is 12.0 Å². The zero-order valence-corrected chi connectivity index (χ0v) is 11.6. The van der Waals surface area contributed by atoms with Crippen molar-refractivity contribution >= 4 is 29.0 Å². The molecule has 0 saturated heterocycles. The Balaban J connectivity index is 2.39. The topological polar surface area (TPSA) is 73.1 Å². The Morgan fingerprint density at radius 1 is 1.14 bits per heavy atom. The lowest BCUT2D eigenvalue weighted by molar-refractivity contribution is -0.145. The molecule has 0 saturated carbocycles. The minimum Gasteiger partial charge on any atom is -0.437 e. The first-order valence-electron chi connectivity index (χ1n) is 5.35. The second-order valence-corrected chi connectivity index (χ2v) is 4.58. The molecule has 1 aromatic carbocycles. The van der Waals surface area contributed by atoms with Crippen LogP contribution in [0.2, 0.25) is 10.0 Å². The minimum absolute atomic E-state index is 0.0934. The van der Waals surface area contributed by atoms with Crippen molar-refractivity contribution < 1.29 is 17.9 Å². The molecule has 10 heteroatoms. The Morgan fingerprint density at radius 3 is 2.43 bits per heavy atom. The highest BCUT2D eigenvalue weighted by Crippen LogP contribution is 2.33. The first-order chi connectivity index (χ1) is 9.79. The van der Waals surface area contributed by atoms with Crippen molar-refractivity contribution in [3.63, 3.8) is 0 Å². The smallest absolute Gasteiger partial charge is 0.437 e. The highest BCUT2D eigenvalue weighted by Gasteiger charge is 2.35. The molecule has 112 valence electrons. The van der Waals surface area contributed by atoms with Gasteiger partial charge in [-0.2, -0.15) is 18.2 Å². The number of benzene rings is 1. The van der Waals surface area contributed by atoms with E-state index in [1.807, 2.05) is 5.43 Å². The van der Waals surface area contributed by atoms with E-state index in [1.54, 1.807) is 0 Å². The van der Waals surface area contributed by atoms with Crippen LogP contribution in [-0.2, 0) is 6.18 Å². The average molecular weight is 339 g/mol. The van der Waals surface area contributed by atoms with Crippen LogP contribution in [0.4, 0.5) is 19.0 Å². The van der Waals surface area contributed by atoms with Gasteiger partial charge in [0.25, 0.3) is 0 Å². The lowest BCUT2D eigenvalue weighted by Gasteiger charge is -2.11. The lowest BCUT2D eigenvalue weighted by Crippen LogP contribution is -2.16. The third-order valence-corrected chi connectivity index (χ3v) is 2.74. The van der Waals surface area contributed by atoms with Gasteiger partial charge in [0.1, 0.15) is 11.6 Å². The number of anilines is 1. The molecular formula is C11H7Cl2F3N4O. The van der Waals surface area contributed by atoms with Crippen LogP contribution in [0.1, 0.15) is 5.82 Å². The maximum atomic E-state index is 12.7. The molecule has 1 heterocycles. The number of hydrogen-bond donors (Lipinski definition) is 2. The van der Waals surface area contributed by atoms with Crippen LogP contribution in [0.5, 0.6) is 11.6 Å². The summed E-state index contributed by atoms with van der Waals surface area (Å²) in [5, 5.41) is 0.479. The van der Waals surface area contributed by atoms with Crippen LogP contribution >= 0.6 is 23.2 Å². The number of ether oxygens (including phenoxy) is 1. The number of nitrogens with one attached hydrogen (secondary N) is 1. The van der Waals surface area contributed by atoms with Crippen LogP contribution < -0.4 is 16.0 Å². The summed E-state index contributed by atoms with van der Waals surface area (Å²) in [4.78, 5) is 6.46. The van der Waals surface area contributed by atoms with Gasteiger partial charge in [-0.05, 0) is 18.2 Å². The van der Waals surface area contributed by atoms with Gasteiger partial charge < -0.3 is 10.2 Å². The largest absolute Gasteiger partial charge is 0.451 e. The number of nitrogen functional groups attached to an aromatic ring is 1. The predicted octanol–water partition coefficient (Wildman–Crippen LogP) is 3.88. The summed E-state index contributed by atoms with van der Waals surface area (Å²) in [6, 6.07) is 5.35. The van der Waals surface area contributed by atoms with Gasteiger partial charge >= 0.3 is 6.18 Å². The molecule has 0 amide bonds. The molecule has 0 aliphatic rings. The molecule has 0 bridgehead atoms. The molecule has 0 atom stereocenters. The van der Waals surface area contributed by atoms with Gasteiger partial charge in [-0.1, -0.05) is 23.2 Å². The summed E-state index contributed by atoms with van der Waals surface area (Å²) >= 11 is 11.6. The highest BCUT2D eigenvalue weighted by molar-refractivity contribution is 6.35. The molecule has 2 rings (SSSR count). The predicted molar refractivity (Wildman–Crippen MR) is 71.4 cm³/mol. The molecule has 2 aromatic rings. The van der Waals surface area contributed by atoms with E-state index >= 15 is 0 Å². The second-order valence-electron chi connectivity index (χ2n) is 3.73. The number of hydrazine groups is 1. The standard InChI is InChI=1S/C11H7Cl2F3N4O/c12-5-1-2-7(6(13)3-5)21-9-4-8(20-17)18-10(19-9)11(14,15)16/h1-4H,17H2,(H,18,19,20). The quantitative estimate of drug-likeness (QED) is 0.656. The van der Waals surface area contributed by atoms with Crippen molar-refractivity contribution in [3.8, 4) is 11.6 Å². The van der Waals surface area contributed by atoms with Crippen molar-refractivity contribution in [1.29, 1.82) is 0 Å². The number of halogens is 5. The van der Waals surface area contributed by atoms with Crippen molar-refractivity contribution in [1.82, 2.24) is 9.97 Å². The molecule has 0 aliphatic heterocycles. The van der Waals surface area contributed by atoms with Gasteiger partial charge in [0, 0.05) is 11.1 Å². The Morgan fingerprint density at radius 2 is 1.86 bits per heavy atom. The van der Waals surface area contributed by atoms with Gasteiger partial charge in [0.15, 0.2) is 0 Å². The van der Waals surface area contributed by atoms with E-state index in [2.05, 4.69) is 9.97 Å². The first-order valence-corrected chi connectivity index (χ1v) is 6.11. The van der Waals surface area contributed by atoms with Crippen molar-refractivity contribution in [2.75, 3.05) is 5.43 Å². The van der Waals surface area contributed by atoms with Crippen LogP contribution in [-0.4, -0.2) is 9.97 Å². The highest BCUT2D eigenvalue weighted by atomic mass is 35.5. The first kappa shape index (κ1) is 15.6. The van der Waals surface area contributed by atoms with Gasteiger partial charge in [0.2, 0.25) is 11.7 Å². The number of hydrogen-bond acceptors (Lipinski definition) is 5. The van der Waals surface area contributed by atoms with Crippen LogP contribution in [0.25, 0.3) is 0 Å². The molecule has 0 aliphatic carbocycles. The number of nitrogens with zero attached hydrogens (tertiary/aromatic N) is 2. The van der Waals surface area contributed by atoms with E-state index in [4.69, 9.17) is 33.8 Å². The lowest BCUT2D eigenvalue weighted by atomic mass is 10.3. The van der Waals surface area contributed by atoms with Crippen LogP contribution in [0.3, 0.4) is 0 Å². The fraction of sp³-hybridized carbons (Fsp3) is 0.0909. The zero-order valence-electron chi connectivity index (χ0n) is 10.1. The van der Waals surface area contributed by atoms with E-state index in [-0.39, 0.29) is 22.5 Å². The summed E-state index contributed by atoms with van der Waals surface area (Å²) in [5.74, 6) is 3.15. The molecular weight excluding hydrogens is 332 g/mol. The minimum atomic E-state index is -4.74. The third kappa shape index (κ3) is 3.87. The molecule has 0 fully saturated rings. The molecule has 3 N–H and O–H groups in total. The van der Waals surface area contributed by atoms with Crippen LogP contribution in [0.15, 0.2) is 24.3 Å². The Hall–Kier alpha value is -1.77. The van der Waals surface area contributed by atoms with E-state index in [1.165, 1.54) is 18.2 Å². The summed E-state index contributed by atoms with van der Waals surface area (Å²) in [6.45, 7) is 0. The molecule has 1 aromatic heterocycles. The monoisotopic (exact) mass is 338 g/mol. The molecule has 21 heavy (non-hydrogen) atoms. The SMILES string of the molecule is NNc1cc(Oc2ccc(Cl)cc2Cl)nc(C(F)(F)F)n1. The summed E-state index contributed by atoms with van der Waals surface area (Å²) in [6.07, 6.45) is -4.74. The summed E-state index contributed by atoms with van der Waals surface area (Å²) in [7, 11) is 0. The van der Waals surface area contributed by atoms with Crippen molar-refractivity contribution in [3.05, 3.63) is 40.1 Å².